The van der Waals surface area contributed by atoms with Gasteiger partial charge in [0, 0.05) is 18.2 Å². The Labute approximate surface area is 117 Å². The standard InChI is InChI=1S/C12H20N4O2S/c1-8-14-11(16-18-8)7-13-12(17)15-9-5-3-4-6-10(9)19-2/h9-10H,3-7H2,1-2H3,(H2,13,15,17). The highest BCUT2D eigenvalue weighted by Crippen LogP contribution is 2.26. The number of aromatic nitrogens is 2. The quantitative estimate of drug-likeness (QED) is 0.882. The average molecular weight is 284 g/mol. The number of nitrogens with zero attached hydrogens (tertiary/aromatic N) is 2. The van der Waals surface area contributed by atoms with E-state index in [2.05, 4.69) is 27.0 Å². The molecule has 1 fully saturated rings. The highest BCUT2D eigenvalue weighted by atomic mass is 32.2. The fraction of sp³-hybridized carbons (Fsp3) is 0.750. The molecule has 1 aliphatic rings. The summed E-state index contributed by atoms with van der Waals surface area (Å²) < 4.78 is 4.85. The summed E-state index contributed by atoms with van der Waals surface area (Å²) in [5.41, 5.74) is 0. The fourth-order valence-corrected chi connectivity index (χ4v) is 3.27. The van der Waals surface area contributed by atoms with Gasteiger partial charge in [-0.1, -0.05) is 18.0 Å². The van der Waals surface area contributed by atoms with Gasteiger partial charge in [-0.15, -0.1) is 0 Å². The smallest absolute Gasteiger partial charge is 0.315 e. The van der Waals surface area contributed by atoms with Crippen molar-refractivity contribution in [2.24, 2.45) is 0 Å². The summed E-state index contributed by atoms with van der Waals surface area (Å²) in [4.78, 5) is 15.9. The first kappa shape index (κ1) is 14.2. The zero-order chi connectivity index (χ0) is 13.7. The number of nitrogens with one attached hydrogen (secondary N) is 2. The minimum atomic E-state index is -0.159. The molecule has 2 amide bonds. The topological polar surface area (TPSA) is 80.0 Å². The van der Waals surface area contributed by atoms with E-state index in [1.165, 1.54) is 19.3 Å². The van der Waals surface area contributed by atoms with Crippen LogP contribution < -0.4 is 10.6 Å². The molecule has 0 spiro atoms. The van der Waals surface area contributed by atoms with Gasteiger partial charge in [0.05, 0.1) is 6.54 Å². The molecule has 0 radical (unpaired) electrons. The second-order valence-corrected chi connectivity index (χ2v) is 5.80. The van der Waals surface area contributed by atoms with Crippen molar-refractivity contribution in [2.75, 3.05) is 6.26 Å². The maximum absolute atomic E-state index is 11.8. The summed E-state index contributed by atoms with van der Waals surface area (Å²) in [6, 6.07) is 0.101. The summed E-state index contributed by atoms with van der Waals surface area (Å²) in [5.74, 6) is 1.00. The summed E-state index contributed by atoms with van der Waals surface area (Å²) in [6.07, 6.45) is 6.78. The number of carbonyl (C=O) groups is 1. The highest BCUT2D eigenvalue weighted by Gasteiger charge is 2.25. The van der Waals surface area contributed by atoms with Gasteiger partial charge in [-0.05, 0) is 19.1 Å². The van der Waals surface area contributed by atoms with Crippen LogP contribution in [0.3, 0.4) is 0 Å². The lowest BCUT2D eigenvalue weighted by Crippen LogP contribution is -2.47. The molecular formula is C12H20N4O2S. The second kappa shape index (κ2) is 6.79. The Kier molecular flexibility index (Phi) is 5.07. The summed E-state index contributed by atoms with van der Waals surface area (Å²) in [5, 5.41) is 10.1. The van der Waals surface area contributed by atoms with Crippen molar-refractivity contribution in [1.29, 1.82) is 0 Å². The number of aryl methyl sites for hydroxylation is 1. The first-order chi connectivity index (χ1) is 9.19. The molecule has 2 atom stereocenters. The molecule has 1 aromatic heterocycles. The predicted molar refractivity (Wildman–Crippen MR) is 74.0 cm³/mol. The second-order valence-electron chi connectivity index (χ2n) is 4.72. The molecule has 6 nitrogen and oxygen atoms in total. The lowest BCUT2D eigenvalue weighted by Gasteiger charge is -2.30. The Bertz CT molecular complexity index is 424. The number of carbonyl (C=O) groups excluding carboxylic acids is 1. The number of rotatable bonds is 4. The van der Waals surface area contributed by atoms with Gasteiger partial charge in [0.1, 0.15) is 0 Å². The van der Waals surface area contributed by atoms with Crippen molar-refractivity contribution in [1.82, 2.24) is 20.8 Å². The zero-order valence-corrected chi connectivity index (χ0v) is 12.1. The van der Waals surface area contributed by atoms with Crippen LogP contribution >= 0.6 is 11.8 Å². The van der Waals surface area contributed by atoms with Crippen LogP contribution in [0.15, 0.2) is 4.52 Å². The fourth-order valence-electron chi connectivity index (χ4n) is 2.34. The van der Waals surface area contributed by atoms with Crippen LogP contribution in [0.4, 0.5) is 4.79 Å². The first-order valence-electron chi connectivity index (χ1n) is 6.55. The molecule has 7 heteroatoms. The molecule has 1 saturated carbocycles. The molecule has 0 aliphatic heterocycles. The van der Waals surface area contributed by atoms with Crippen molar-refractivity contribution in [3.63, 3.8) is 0 Å². The third-order valence-electron chi connectivity index (χ3n) is 3.30. The number of amides is 2. The van der Waals surface area contributed by atoms with Crippen LogP contribution in [0.25, 0.3) is 0 Å². The summed E-state index contributed by atoms with van der Waals surface area (Å²) in [7, 11) is 0. The molecule has 1 aliphatic carbocycles. The van der Waals surface area contributed by atoms with Gasteiger partial charge in [0.2, 0.25) is 5.89 Å². The maximum Gasteiger partial charge on any atom is 0.315 e. The zero-order valence-electron chi connectivity index (χ0n) is 11.3. The average Bonchev–Trinajstić information content (AvgIpc) is 2.83. The number of hydrogen-bond acceptors (Lipinski definition) is 5. The van der Waals surface area contributed by atoms with Crippen molar-refractivity contribution in [3.05, 3.63) is 11.7 Å². The largest absolute Gasteiger partial charge is 0.340 e. The van der Waals surface area contributed by atoms with Gasteiger partial charge in [0.15, 0.2) is 5.82 Å². The Morgan fingerprint density at radius 2 is 2.26 bits per heavy atom. The van der Waals surface area contributed by atoms with E-state index in [0.717, 1.165) is 6.42 Å². The third kappa shape index (κ3) is 4.12. The predicted octanol–water partition coefficient (Wildman–Crippen LogP) is 1.85. The van der Waals surface area contributed by atoms with Crippen molar-refractivity contribution >= 4 is 17.8 Å². The number of thioether (sulfide) groups is 1. The van der Waals surface area contributed by atoms with E-state index in [1.807, 2.05) is 11.8 Å². The van der Waals surface area contributed by atoms with Crippen LogP contribution in [-0.2, 0) is 6.54 Å². The third-order valence-corrected chi connectivity index (χ3v) is 4.47. The molecule has 0 aromatic carbocycles. The summed E-state index contributed by atoms with van der Waals surface area (Å²) >= 11 is 1.83. The van der Waals surface area contributed by atoms with E-state index in [1.54, 1.807) is 6.92 Å². The molecule has 1 aromatic rings. The van der Waals surface area contributed by atoms with E-state index < -0.39 is 0 Å². The molecule has 2 rings (SSSR count). The molecule has 0 bridgehead atoms. The van der Waals surface area contributed by atoms with E-state index in [-0.39, 0.29) is 12.1 Å². The Balaban J connectivity index is 1.77. The molecule has 0 saturated heterocycles. The van der Waals surface area contributed by atoms with Gasteiger partial charge in [-0.2, -0.15) is 16.7 Å². The molecular weight excluding hydrogens is 264 g/mol. The molecule has 2 N–H and O–H groups in total. The van der Waals surface area contributed by atoms with Crippen LogP contribution in [0.5, 0.6) is 0 Å². The lowest BCUT2D eigenvalue weighted by molar-refractivity contribution is 0.232. The molecule has 19 heavy (non-hydrogen) atoms. The van der Waals surface area contributed by atoms with Crippen molar-refractivity contribution in [3.8, 4) is 0 Å². The van der Waals surface area contributed by atoms with Crippen molar-refractivity contribution < 1.29 is 9.32 Å². The maximum atomic E-state index is 11.8. The molecule has 106 valence electrons. The lowest BCUT2D eigenvalue weighted by atomic mass is 9.95. The Morgan fingerprint density at radius 3 is 2.95 bits per heavy atom. The van der Waals surface area contributed by atoms with Gasteiger partial charge in [-0.3, -0.25) is 0 Å². The van der Waals surface area contributed by atoms with Gasteiger partial charge in [-0.25, -0.2) is 4.79 Å². The van der Waals surface area contributed by atoms with Crippen LogP contribution in [0.2, 0.25) is 0 Å². The first-order valence-corrected chi connectivity index (χ1v) is 7.84. The van der Waals surface area contributed by atoms with Crippen LogP contribution in [0.1, 0.15) is 37.4 Å². The number of urea groups is 1. The van der Waals surface area contributed by atoms with Gasteiger partial charge < -0.3 is 15.2 Å². The number of hydrogen-bond donors (Lipinski definition) is 2. The Morgan fingerprint density at radius 1 is 1.47 bits per heavy atom. The normalized spacial score (nSPS) is 23.1. The van der Waals surface area contributed by atoms with Crippen LogP contribution in [-0.4, -0.2) is 33.7 Å². The Hall–Kier alpha value is -1.24. The SMILES string of the molecule is CSC1CCCCC1NC(=O)NCc1noc(C)n1. The minimum absolute atomic E-state index is 0.159. The van der Waals surface area contributed by atoms with Crippen LogP contribution in [0, 0.1) is 6.92 Å². The van der Waals surface area contributed by atoms with E-state index >= 15 is 0 Å². The molecule has 1 heterocycles. The van der Waals surface area contributed by atoms with Gasteiger partial charge in [0.25, 0.3) is 0 Å². The highest BCUT2D eigenvalue weighted by molar-refractivity contribution is 7.99. The minimum Gasteiger partial charge on any atom is -0.340 e. The van der Waals surface area contributed by atoms with E-state index in [9.17, 15) is 4.79 Å². The molecule has 2 unspecified atom stereocenters. The van der Waals surface area contributed by atoms with E-state index in [4.69, 9.17) is 4.52 Å². The van der Waals surface area contributed by atoms with E-state index in [0.29, 0.717) is 23.5 Å². The van der Waals surface area contributed by atoms with Gasteiger partial charge >= 0.3 is 6.03 Å². The van der Waals surface area contributed by atoms with Crippen molar-refractivity contribution in [2.45, 2.75) is 50.4 Å². The summed E-state index contributed by atoms with van der Waals surface area (Å²) in [6.45, 7) is 2.02. The monoisotopic (exact) mass is 284 g/mol.